The largest absolute Gasteiger partial charge is 1.00 e. The molecule has 0 unspecified atom stereocenters. The van der Waals surface area contributed by atoms with Gasteiger partial charge in [0.2, 0.25) is 0 Å². The van der Waals surface area contributed by atoms with Crippen LogP contribution in [-0.4, -0.2) is 11.7 Å². The zero-order valence-corrected chi connectivity index (χ0v) is 14.9. The molecule has 0 radical (unpaired) electrons. The number of hydrogen-bond donors (Lipinski definition) is 0. The van der Waals surface area contributed by atoms with Crippen molar-refractivity contribution in [3.63, 3.8) is 0 Å². The van der Waals surface area contributed by atoms with Gasteiger partial charge in [-0.25, -0.2) is 0 Å². The number of rotatable bonds is 5. The Kier molecular flexibility index (Phi) is 6.55. The Balaban J connectivity index is 0.00000208. The van der Waals surface area contributed by atoms with Crippen LogP contribution in [0.5, 0.6) is 0 Å². The minimum atomic E-state index is -2.90. The topological polar surface area (TPSA) is 20.3 Å². The minimum absolute atomic E-state index is 0. The van der Waals surface area contributed by atoms with E-state index in [9.17, 15) is 4.57 Å². The summed E-state index contributed by atoms with van der Waals surface area (Å²) in [6.07, 6.45) is 0. The van der Waals surface area contributed by atoms with Crippen molar-refractivity contribution in [2.45, 2.75) is 0 Å². The van der Waals surface area contributed by atoms with Crippen molar-refractivity contribution in [3.05, 3.63) is 103 Å². The van der Waals surface area contributed by atoms with Crippen LogP contribution in [0.2, 0.25) is 0 Å². The van der Waals surface area contributed by atoms with Gasteiger partial charge in [0.05, 0.1) is 0 Å². The zero-order chi connectivity index (χ0) is 16.1. The SMILES string of the molecule is CN([CH-]c1ccccc1)P(=O)(c1ccccc1)c1ccccc1.[Li+]. The number of hydrogen-bond acceptors (Lipinski definition) is 1. The van der Waals surface area contributed by atoms with Crippen LogP contribution in [-0.2, 0) is 4.57 Å². The Bertz CT molecular complexity index is 750. The van der Waals surface area contributed by atoms with Gasteiger partial charge in [-0.2, -0.15) is 17.7 Å². The molecule has 24 heavy (non-hydrogen) atoms. The van der Waals surface area contributed by atoms with E-state index in [1.54, 1.807) is 0 Å². The molecular formula is C20H19LiNOP. The Labute approximate surface area is 156 Å². The molecule has 0 aliphatic carbocycles. The van der Waals surface area contributed by atoms with Gasteiger partial charge in [-0.1, -0.05) is 42.5 Å². The molecule has 0 aromatic heterocycles. The molecule has 3 aromatic rings. The Morgan fingerprint density at radius 3 is 1.50 bits per heavy atom. The van der Waals surface area contributed by atoms with E-state index < -0.39 is 7.29 Å². The summed E-state index contributed by atoms with van der Waals surface area (Å²) in [4.78, 5) is 0. The van der Waals surface area contributed by atoms with E-state index in [-0.39, 0.29) is 18.9 Å². The van der Waals surface area contributed by atoms with Gasteiger partial charge in [-0.3, -0.25) is 9.24 Å². The fourth-order valence-electron chi connectivity index (χ4n) is 2.61. The van der Waals surface area contributed by atoms with Gasteiger partial charge in [0.25, 0.3) is 0 Å². The molecule has 4 heteroatoms. The Morgan fingerprint density at radius 1 is 0.708 bits per heavy atom. The normalized spacial score (nSPS) is 10.9. The molecule has 0 saturated carbocycles. The maximum atomic E-state index is 14.0. The fraction of sp³-hybridized carbons (Fsp3) is 0.0500. The van der Waals surface area contributed by atoms with Crippen LogP contribution in [0.1, 0.15) is 5.56 Å². The predicted molar refractivity (Wildman–Crippen MR) is 97.4 cm³/mol. The van der Waals surface area contributed by atoms with Gasteiger partial charge < -0.3 is 0 Å². The standard InChI is InChI=1S/C20H19NOP.Li/c1-21(17-18-11-5-2-6-12-18)23(22,19-13-7-3-8-14-19)20-15-9-4-10-16-20;/h2-17H,1H3;/q-1;+1. The summed E-state index contributed by atoms with van der Waals surface area (Å²) >= 11 is 0. The summed E-state index contributed by atoms with van der Waals surface area (Å²) in [5, 5.41) is 1.67. The molecule has 0 aliphatic heterocycles. The predicted octanol–water partition coefficient (Wildman–Crippen LogP) is 1.06. The molecule has 3 aromatic carbocycles. The minimum Gasteiger partial charge on any atom is -0.297 e. The Hall–Kier alpha value is -1.68. The molecule has 0 heterocycles. The molecular weight excluding hydrogens is 308 g/mol. The number of benzene rings is 3. The molecule has 0 saturated heterocycles. The third-order valence-corrected chi connectivity index (χ3v) is 6.79. The second-order valence-electron chi connectivity index (χ2n) is 5.36. The summed E-state index contributed by atoms with van der Waals surface area (Å²) in [6, 6.07) is 29.3. The second kappa shape index (κ2) is 8.43. The van der Waals surface area contributed by atoms with Crippen LogP contribution in [0, 0.1) is 6.54 Å². The molecule has 0 atom stereocenters. The van der Waals surface area contributed by atoms with E-state index in [1.165, 1.54) is 0 Å². The summed E-state index contributed by atoms with van der Waals surface area (Å²) < 4.78 is 15.9. The number of nitrogens with zero attached hydrogens (tertiary/aromatic N) is 1. The van der Waals surface area contributed by atoms with Gasteiger partial charge in [0.1, 0.15) is 0 Å². The molecule has 0 fully saturated rings. The molecule has 0 bridgehead atoms. The van der Waals surface area contributed by atoms with Gasteiger partial charge in [0.15, 0.2) is 7.29 Å². The van der Waals surface area contributed by atoms with Crippen molar-refractivity contribution < 1.29 is 23.4 Å². The monoisotopic (exact) mass is 327 g/mol. The summed E-state index contributed by atoms with van der Waals surface area (Å²) in [5.41, 5.74) is 1.03. The van der Waals surface area contributed by atoms with E-state index in [1.807, 2.05) is 109 Å². The zero-order valence-electron chi connectivity index (χ0n) is 14.0. The van der Waals surface area contributed by atoms with Crippen molar-refractivity contribution in [3.8, 4) is 0 Å². The second-order valence-corrected chi connectivity index (χ2v) is 8.18. The third kappa shape index (κ3) is 3.86. The molecule has 116 valence electrons. The summed E-state index contributed by atoms with van der Waals surface area (Å²) in [5.74, 6) is 0. The quantitative estimate of drug-likeness (QED) is 0.397. The van der Waals surface area contributed by atoms with E-state index in [2.05, 4.69) is 0 Å². The Morgan fingerprint density at radius 2 is 1.08 bits per heavy atom. The molecule has 2 nitrogen and oxygen atoms in total. The first kappa shape index (κ1) is 18.7. The molecule has 3 rings (SSSR count). The van der Waals surface area contributed by atoms with E-state index in [0.717, 1.165) is 16.2 Å². The molecule has 0 amide bonds. The molecule has 0 N–H and O–H groups in total. The fourth-order valence-corrected chi connectivity index (χ4v) is 5.08. The summed E-state index contributed by atoms with van der Waals surface area (Å²) in [7, 11) is -1.02. The van der Waals surface area contributed by atoms with Gasteiger partial charge in [-0.15, -0.1) is 18.7 Å². The van der Waals surface area contributed by atoms with Crippen molar-refractivity contribution in [1.82, 2.24) is 4.67 Å². The first-order valence-electron chi connectivity index (χ1n) is 7.56. The smallest absolute Gasteiger partial charge is 0.297 e. The molecule has 0 aliphatic rings. The average molecular weight is 327 g/mol. The van der Waals surface area contributed by atoms with Crippen molar-refractivity contribution in [1.29, 1.82) is 0 Å². The van der Waals surface area contributed by atoms with Gasteiger partial charge in [0, 0.05) is 10.6 Å². The maximum absolute atomic E-state index is 14.0. The maximum Gasteiger partial charge on any atom is 1.00 e. The van der Waals surface area contributed by atoms with Crippen LogP contribution >= 0.6 is 7.29 Å². The van der Waals surface area contributed by atoms with Gasteiger partial charge in [-0.05, 0) is 31.3 Å². The van der Waals surface area contributed by atoms with Crippen LogP contribution < -0.4 is 29.5 Å². The summed E-state index contributed by atoms with van der Waals surface area (Å²) in [6.45, 7) is 1.95. The van der Waals surface area contributed by atoms with Crippen LogP contribution in [0.3, 0.4) is 0 Å². The first-order valence-corrected chi connectivity index (χ1v) is 9.22. The van der Waals surface area contributed by atoms with Gasteiger partial charge >= 0.3 is 18.9 Å². The average Bonchev–Trinajstić information content (AvgIpc) is 2.63. The third-order valence-electron chi connectivity index (χ3n) is 3.79. The van der Waals surface area contributed by atoms with Crippen molar-refractivity contribution >= 4 is 17.9 Å². The van der Waals surface area contributed by atoms with Crippen molar-refractivity contribution in [2.24, 2.45) is 0 Å². The van der Waals surface area contributed by atoms with Crippen LogP contribution in [0.25, 0.3) is 0 Å². The van der Waals surface area contributed by atoms with E-state index in [4.69, 9.17) is 0 Å². The van der Waals surface area contributed by atoms with E-state index >= 15 is 0 Å². The van der Waals surface area contributed by atoms with E-state index in [0.29, 0.717) is 0 Å². The molecule has 0 spiro atoms. The van der Waals surface area contributed by atoms with Crippen LogP contribution in [0.4, 0.5) is 0 Å². The van der Waals surface area contributed by atoms with Crippen molar-refractivity contribution in [2.75, 3.05) is 7.05 Å². The van der Waals surface area contributed by atoms with Crippen LogP contribution in [0.15, 0.2) is 91.0 Å². The first-order chi connectivity index (χ1) is 11.2.